The molecule has 0 radical (unpaired) electrons. The highest BCUT2D eigenvalue weighted by atomic mass is 16.5. The van der Waals surface area contributed by atoms with Crippen molar-refractivity contribution in [2.75, 3.05) is 27.2 Å². The van der Waals surface area contributed by atoms with Crippen LogP contribution in [0, 0.1) is 5.92 Å². The lowest BCUT2D eigenvalue weighted by atomic mass is 9.86. The number of fused-ring (bicyclic) bond motifs is 1. The Balaban J connectivity index is 2.03. The van der Waals surface area contributed by atoms with Crippen molar-refractivity contribution in [1.82, 2.24) is 4.90 Å². The zero-order valence-electron chi connectivity index (χ0n) is 13.1. The second kappa shape index (κ2) is 5.85. The summed E-state index contributed by atoms with van der Waals surface area (Å²) in [6, 6.07) is 2.30. The third-order valence-corrected chi connectivity index (χ3v) is 5.16. The van der Waals surface area contributed by atoms with Crippen LogP contribution in [0.4, 0.5) is 0 Å². The van der Waals surface area contributed by atoms with Crippen LogP contribution in [0.5, 0.6) is 11.5 Å². The van der Waals surface area contributed by atoms with E-state index in [1.165, 1.54) is 12.0 Å². The van der Waals surface area contributed by atoms with Gasteiger partial charge in [0, 0.05) is 29.3 Å². The molecule has 0 aromatic heterocycles. The molecule has 2 atom stereocenters. The second-order valence-electron chi connectivity index (χ2n) is 6.47. The van der Waals surface area contributed by atoms with E-state index < -0.39 is 0 Å². The van der Waals surface area contributed by atoms with Gasteiger partial charge in [-0.25, -0.2) is 0 Å². The molecule has 1 aromatic carbocycles. The Labute approximate surface area is 126 Å². The number of ether oxygens (including phenoxy) is 1. The summed E-state index contributed by atoms with van der Waals surface area (Å²) < 4.78 is 5.60. The zero-order chi connectivity index (χ0) is 15.0. The van der Waals surface area contributed by atoms with E-state index in [4.69, 9.17) is 10.5 Å². The van der Waals surface area contributed by atoms with Gasteiger partial charge < -0.3 is 15.6 Å². The molecule has 1 aromatic rings. The third-order valence-electron chi connectivity index (χ3n) is 5.16. The molecular formula is C17H26N2O2. The summed E-state index contributed by atoms with van der Waals surface area (Å²) in [5.41, 5.74) is 9.17. The van der Waals surface area contributed by atoms with E-state index in [9.17, 15) is 5.11 Å². The highest BCUT2D eigenvalue weighted by Crippen LogP contribution is 2.45. The molecule has 4 nitrogen and oxygen atoms in total. The van der Waals surface area contributed by atoms with Crippen LogP contribution in [0.25, 0.3) is 0 Å². The van der Waals surface area contributed by atoms with Gasteiger partial charge in [0.15, 0.2) is 0 Å². The van der Waals surface area contributed by atoms with E-state index in [-0.39, 0.29) is 6.04 Å². The van der Waals surface area contributed by atoms with Crippen molar-refractivity contribution in [3.05, 3.63) is 22.8 Å². The molecule has 116 valence electrons. The fourth-order valence-electron chi connectivity index (χ4n) is 3.99. The van der Waals surface area contributed by atoms with Crippen molar-refractivity contribution < 1.29 is 9.84 Å². The minimum absolute atomic E-state index is 0.250. The highest BCUT2D eigenvalue weighted by Gasteiger charge is 2.33. The number of likely N-dealkylation sites (tertiary alicyclic amines) is 1. The first kappa shape index (κ1) is 14.7. The van der Waals surface area contributed by atoms with E-state index >= 15 is 0 Å². The highest BCUT2D eigenvalue weighted by molar-refractivity contribution is 5.55. The number of aromatic hydroxyl groups is 1. The number of benzene rings is 1. The predicted octanol–water partition coefficient (Wildman–Crippen LogP) is 2.23. The van der Waals surface area contributed by atoms with Gasteiger partial charge in [-0.15, -0.1) is 0 Å². The maximum absolute atomic E-state index is 10.8. The Morgan fingerprint density at radius 3 is 2.67 bits per heavy atom. The molecule has 2 aliphatic rings. The summed E-state index contributed by atoms with van der Waals surface area (Å²) >= 11 is 0. The number of hydrogen-bond acceptors (Lipinski definition) is 4. The molecule has 1 saturated heterocycles. The van der Waals surface area contributed by atoms with Gasteiger partial charge in [0.05, 0.1) is 7.11 Å². The molecule has 0 spiro atoms. The maximum atomic E-state index is 10.8. The molecule has 1 fully saturated rings. The van der Waals surface area contributed by atoms with Gasteiger partial charge in [0.25, 0.3) is 0 Å². The lowest BCUT2D eigenvalue weighted by molar-refractivity contribution is 0.303. The number of nitrogens with zero attached hydrogens (tertiary/aromatic N) is 1. The van der Waals surface area contributed by atoms with Crippen LogP contribution in [0.3, 0.4) is 0 Å². The number of rotatable bonds is 3. The summed E-state index contributed by atoms with van der Waals surface area (Å²) in [7, 11) is 3.85. The van der Waals surface area contributed by atoms with Crippen LogP contribution >= 0.6 is 0 Å². The molecular weight excluding hydrogens is 264 g/mol. The molecule has 21 heavy (non-hydrogen) atoms. The van der Waals surface area contributed by atoms with Gasteiger partial charge in [-0.05, 0) is 57.7 Å². The van der Waals surface area contributed by atoms with Crippen molar-refractivity contribution in [3.8, 4) is 11.5 Å². The Hall–Kier alpha value is -1.26. The van der Waals surface area contributed by atoms with Crippen LogP contribution in [-0.2, 0) is 12.8 Å². The summed E-state index contributed by atoms with van der Waals surface area (Å²) in [6.07, 6.45) is 5.32. The van der Waals surface area contributed by atoms with Gasteiger partial charge in [0.1, 0.15) is 11.5 Å². The first-order valence-electron chi connectivity index (χ1n) is 7.97. The molecule has 4 heteroatoms. The Morgan fingerprint density at radius 1 is 1.33 bits per heavy atom. The standard InChI is InChI=1S/C17H26N2O2/c1-19-10-11(9-18)7-15(19)14-8-16(21-2)12-5-3-4-6-13(12)17(14)20/h8,11,15,20H,3-7,9-10,18H2,1-2H3. The normalized spacial score (nSPS) is 25.9. The first-order valence-corrected chi connectivity index (χ1v) is 7.97. The van der Waals surface area contributed by atoms with E-state index in [0.717, 1.165) is 49.1 Å². The lowest BCUT2D eigenvalue weighted by Gasteiger charge is -2.26. The zero-order valence-corrected chi connectivity index (χ0v) is 13.1. The monoisotopic (exact) mass is 290 g/mol. The lowest BCUT2D eigenvalue weighted by Crippen LogP contribution is -2.21. The van der Waals surface area contributed by atoms with Gasteiger partial charge in [-0.2, -0.15) is 0 Å². The number of phenolic OH excluding ortho intramolecular Hbond substituents is 1. The molecule has 1 heterocycles. The molecule has 1 aliphatic carbocycles. The van der Waals surface area contributed by atoms with Crippen LogP contribution < -0.4 is 10.5 Å². The minimum atomic E-state index is 0.250. The fraction of sp³-hybridized carbons (Fsp3) is 0.647. The molecule has 0 bridgehead atoms. The van der Waals surface area contributed by atoms with Gasteiger partial charge in [0.2, 0.25) is 0 Å². The molecule has 0 saturated carbocycles. The maximum Gasteiger partial charge on any atom is 0.124 e. The SMILES string of the molecule is COc1cc(C2CC(CN)CN2C)c(O)c2c1CCCC2. The van der Waals surface area contributed by atoms with E-state index in [1.807, 2.05) is 0 Å². The summed E-state index contributed by atoms with van der Waals surface area (Å²) in [4.78, 5) is 2.31. The van der Waals surface area contributed by atoms with E-state index in [1.54, 1.807) is 7.11 Å². The van der Waals surface area contributed by atoms with Crippen molar-refractivity contribution in [2.45, 2.75) is 38.1 Å². The fourth-order valence-corrected chi connectivity index (χ4v) is 3.99. The number of hydrogen-bond donors (Lipinski definition) is 2. The van der Waals surface area contributed by atoms with Gasteiger partial charge in [-0.3, -0.25) is 4.90 Å². The van der Waals surface area contributed by atoms with Crippen molar-refractivity contribution in [1.29, 1.82) is 0 Å². The topological polar surface area (TPSA) is 58.7 Å². The molecule has 0 amide bonds. The molecule has 3 N–H and O–H groups in total. The number of nitrogens with two attached hydrogens (primary N) is 1. The smallest absolute Gasteiger partial charge is 0.124 e. The van der Waals surface area contributed by atoms with Crippen LogP contribution in [0.1, 0.15) is 42.0 Å². The molecule has 3 rings (SSSR count). The summed E-state index contributed by atoms with van der Waals surface area (Å²) in [6.45, 7) is 1.71. The average molecular weight is 290 g/mol. The Morgan fingerprint density at radius 2 is 2.05 bits per heavy atom. The van der Waals surface area contributed by atoms with Crippen LogP contribution in [-0.4, -0.2) is 37.3 Å². The number of methoxy groups -OCH3 is 1. The second-order valence-corrected chi connectivity index (χ2v) is 6.47. The summed E-state index contributed by atoms with van der Waals surface area (Å²) in [5.74, 6) is 1.96. The Bertz CT molecular complexity index is 530. The van der Waals surface area contributed by atoms with Gasteiger partial charge >= 0.3 is 0 Å². The van der Waals surface area contributed by atoms with E-state index in [2.05, 4.69) is 18.0 Å². The van der Waals surface area contributed by atoms with Crippen molar-refractivity contribution in [3.63, 3.8) is 0 Å². The van der Waals surface area contributed by atoms with Crippen LogP contribution in [0.15, 0.2) is 6.07 Å². The van der Waals surface area contributed by atoms with Crippen molar-refractivity contribution >= 4 is 0 Å². The average Bonchev–Trinajstić information content (AvgIpc) is 2.89. The minimum Gasteiger partial charge on any atom is -0.507 e. The molecule has 2 unspecified atom stereocenters. The third kappa shape index (κ3) is 2.51. The van der Waals surface area contributed by atoms with Gasteiger partial charge in [-0.1, -0.05) is 0 Å². The Kier molecular flexibility index (Phi) is 4.09. The first-order chi connectivity index (χ1) is 10.2. The summed E-state index contributed by atoms with van der Waals surface area (Å²) in [5, 5.41) is 10.8. The largest absolute Gasteiger partial charge is 0.507 e. The van der Waals surface area contributed by atoms with E-state index in [0.29, 0.717) is 18.2 Å². The molecule has 1 aliphatic heterocycles. The van der Waals surface area contributed by atoms with Crippen molar-refractivity contribution in [2.24, 2.45) is 11.7 Å². The van der Waals surface area contributed by atoms with Crippen LogP contribution in [0.2, 0.25) is 0 Å². The quantitative estimate of drug-likeness (QED) is 0.896. The number of phenols is 1. The predicted molar refractivity (Wildman–Crippen MR) is 83.8 cm³/mol.